The van der Waals surface area contributed by atoms with Crippen molar-refractivity contribution in [3.8, 4) is 5.75 Å². The van der Waals surface area contributed by atoms with E-state index in [9.17, 15) is 0 Å². The molecule has 1 aliphatic carbocycles. The lowest BCUT2D eigenvalue weighted by Gasteiger charge is -2.31. The van der Waals surface area contributed by atoms with Gasteiger partial charge in [-0.15, -0.1) is 0 Å². The lowest BCUT2D eigenvalue weighted by molar-refractivity contribution is -0.00301. The summed E-state index contributed by atoms with van der Waals surface area (Å²) in [7, 11) is 3.34. The molecule has 0 spiro atoms. The summed E-state index contributed by atoms with van der Waals surface area (Å²) >= 11 is 0. The lowest BCUT2D eigenvalue weighted by Crippen LogP contribution is -2.34. The third-order valence-corrected chi connectivity index (χ3v) is 3.43. The van der Waals surface area contributed by atoms with Crippen LogP contribution in [0.4, 0.5) is 0 Å². The maximum atomic E-state index is 6.28. The van der Waals surface area contributed by atoms with Crippen LogP contribution < -0.4 is 10.5 Å². The molecule has 100 valence electrons. The molecule has 1 aromatic carbocycles. The van der Waals surface area contributed by atoms with Crippen LogP contribution in [0, 0.1) is 0 Å². The predicted octanol–water partition coefficient (Wildman–Crippen LogP) is 1.67. The highest BCUT2D eigenvalue weighted by molar-refractivity contribution is 5.39. The van der Waals surface area contributed by atoms with E-state index in [1.54, 1.807) is 14.2 Å². The second-order valence-electron chi connectivity index (χ2n) is 4.53. The molecule has 1 aromatic rings. The second kappa shape index (κ2) is 6.18. The van der Waals surface area contributed by atoms with Gasteiger partial charge in [0, 0.05) is 7.11 Å². The van der Waals surface area contributed by atoms with Gasteiger partial charge < -0.3 is 19.9 Å². The summed E-state index contributed by atoms with van der Waals surface area (Å²) in [5, 5.41) is 0. The van der Waals surface area contributed by atoms with E-state index in [4.69, 9.17) is 19.9 Å². The molecule has 0 saturated carbocycles. The minimum atomic E-state index is -0.0827. The second-order valence-corrected chi connectivity index (χ2v) is 4.53. The van der Waals surface area contributed by atoms with Crippen molar-refractivity contribution in [2.75, 3.05) is 27.4 Å². The van der Waals surface area contributed by atoms with Crippen molar-refractivity contribution < 1.29 is 14.2 Å². The molecule has 4 heteroatoms. The van der Waals surface area contributed by atoms with Gasteiger partial charge in [0.15, 0.2) is 0 Å². The Morgan fingerprint density at radius 3 is 2.83 bits per heavy atom. The first-order valence-corrected chi connectivity index (χ1v) is 6.29. The first-order valence-electron chi connectivity index (χ1n) is 6.29. The molecule has 1 aliphatic rings. The third kappa shape index (κ3) is 2.83. The van der Waals surface area contributed by atoms with Crippen molar-refractivity contribution in [2.24, 2.45) is 5.73 Å². The van der Waals surface area contributed by atoms with E-state index >= 15 is 0 Å². The minimum absolute atomic E-state index is 0.0692. The maximum absolute atomic E-state index is 6.28. The van der Waals surface area contributed by atoms with Crippen molar-refractivity contribution in [3.63, 3.8) is 0 Å². The Balaban J connectivity index is 2.08. The molecule has 0 aromatic heterocycles. The summed E-state index contributed by atoms with van der Waals surface area (Å²) in [4.78, 5) is 0. The number of hydrogen-bond acceptors (Lipinski definition) is 4. The van der Waals surface area contributed by atoms with E-state index in [0.717, 1.165) is 24.2 Å². The average Bonchev–Trinajstić information content (AvgIpc) is 2.41. The molecule has 0 amide bonds. The fourth-order valence-electron chi connectivity index (χ4n) is 2.39. The van der Waals surface area contributed by atoms with Crippen molar-refractivity contribution in [2.45, 2.75) is 25.0 Å². The molecular formula is C14H21NO3. The monoisotopic (exact) mass is 251 g/mol. The molecule has 2 N–H and O–H groups in total. The summed E-state index contributed by atoms with van der Waals surface area (Å²) in [5.74, 6) is 0.849. The maximum Gasteiger partial charge on any atom is 0.119 e. The van der Waals surface area contributed by atoms with E-state index in [0.29, 0.717) is 13.2 Å². The van der Waals surface area contributed by atoms with Crippen LogP contribution in [0.25, 0.3) is 0 Å². The predicted molar refractivity (Wildman–Crippen MR) is 69.9 cm³/mol. The number of rotatable bonds is 5. The van der Waals surface area contributed by atoms with Gasteiger partial charge in [0.2, 0.25) is 0 Å². The van der Waals surface area contributed by atoms with E-state index in [1.165, 1.54) is 5.56 Å². The van der Waals surface area contributed by atoms with E-state index in [1.807, 2.05) is 12.1 Å². The van der Waals surface area contributed by atoms with Gasteiger partial charge in [0.05, 0.1) is 32.5 Å². The van der Waals surface area contributed by atoms with Crippen LogP contribution in [0.15, 0.2) is 18.2 Å². The molecule has 0 bridgehead atoms. The van der Waals surface area contributed by atoms with Crippen molar-refractivity contribution in [1.29, 1.82) is 0 Å². The number of ether oxygens (including phenoxy) is 3. The van der Waals surface area contributed by atoms with Gasteiger partial charge in [-0.1, -0.05) is 6.07 Å². The van der Waals surface area contributed by atoms with Gasteiger partial charge >= 0.3 is 0 Å². The zero-order valence-electron chi connectivity index (χ0n) is 11.0. The summed E-state index contributed by atoms with van der Waals surface area (Å²) in [6, 6.07) is 6.02. The Hall–Kier alpha value is -1.10. The van der Waals surface area contributed by atoms with Crippen LogP contribution in [-0.2, 0) is 15.9 Å². The standard InChI is InChI=1S/C14H21NO3/c1-16-7-8-18-13-6-4-10-3-5-11(17-2)9-12(10)14(13)15/h3,5,9,13-14H,4,6-8,15H2,1-2H3. The average molecular weight is 251 g/mol. The van der Waals surface area contributed by atoms with Gasteiger partial charge in [-0.25, -0.2) is 0 Å². The van der Waals surface area contributed by atoms with Crippen LogP contribution >= 0.6 is 0 Å². The number of hydrogen-bond donors (Lipinski definition) is 1. The first kappa shape index (κ1) is 13.3. The molecular weight excluding hydrogens is 230 g/mol. The summed E-state index contributed by atoms with van der Waals surface area (Å²) in [6.07, 6.45) is 2.04. The molecule has 0 saturated heterocycles. The highest BCUT2D eigenvalue weighted by atomic mass is 16.5. The van der Waals surface area contributed by atoms with Crippen LogP contribution in [0.3, 0.4) is 0 Å². The highest BCUT2D eigenvalue weighted by Gasteiger charge is 2.27. The van der Waals surface area contributed by atoms with E-state index in [-0.39, 0.29) is 12.1 Å². The lowest BCUT2D eigenvalue weighted by atomic mass is 9.86. The quantitative estimate of drug-likeness (QED) is 0.809. The first-order chi connectivity index (χ1) is 8.76. The van der Waals surface area contributed by atoms with Crippen molar-refractivity contribution in [3.05, 3.63) is 29.3 Å². The Morgan fingerprint density at radius 1 is 1.28 bits per heavy atom. The Morgan fingerprint density at radius 2 is 2.11 bits per heavy atom. The van der Waals surface area contributed by atoms with Gasteiger partial charge in [-0.3, -0.25) is 0 Å². The van der Waals surface area contributed by atoms with Gasteiger partial charge in [-0.2, -0.15) is 0 Å². The molecule has 18 heavy (non-hydrogen) atoms. The van der Waals surface area contributed by atoms with Crippen LogP contribution in [0.5, 0.6) is 5.75 Å². The molecule has 2 unspecified atom stereocenters. The normalized spacial score (nSPS) is 22.6. The summed E-state index contributed by atoms with van der Waals surface area (Å²) in [5.41, 5.74) is 8.72. The Kier molecular flexibility index (Phi) is 4.58. The van der Waals surface area contributed by atoms with Crippen LogP contribution in [0.1, 0.15) is 23.6 Å². The smallest absolute Gasteiger partial charge is 0.119 e. The van der Waals surface area contributed by atoms with Gasteiger partial charge in [-0.05, 0) is 36.1 Å². The summed E-state index contributed by atoms with van der Waals surface area (Å²) < 4.78 is 16.0. The largest absolute Gasteiger partial charge is 0.497 e. The molecule has 2 rings (SSSR count). The van der Waals surface area contributed by atoms with Crippen LogP contribution in [0.2, 0.25) is 0 Å². The number of benzene rings is 1. The topological polar surface area (TPSA) is 53.7 Å². The van der Waals surface area contributed by atoms with Gasteiger partial charge in [0.1, 0.15) is 5.75 Å². The minimum Gasteiger partial charge on any atom is -0.497 e. The number of methoxy groups -OCH3 is 2. The fourth-order valence-corrected chi connectivity index (χ4v) is 2.39. The zero-order valence-corrected chi connectivity index (χ0v) is 11.0. The number of aryl methyl sites for hydroxylation is 1. The number of fused-ring (bicyclic) bond motifs is 1. The highest BCUT2D eigenvalue weighted by Crippen LogP contribution is 2.32. The molecule has 0 heterocycles. The van der Waals surface area contributed by atoms with E-state index < -0.39 is 0 Å². The molecule has 0 aliphatic heterocycles. The van der Waals surface area contributed by atoms with Crippen molar-refractivity contribution >= 4 is 0 Å². The fraction of sp³-hybridized carbons (Fsp3) is 0.571. The number of nitrogens with two attached hydrogens (primary N) is 1. The Labute approximate surface area is 108 Å². The Bertz CT molecular complexity index is 395. The molecule has 0 radical (unpaired) electrons. The van der Waals surface area contributed by atoms with Crippen molar-refractivity contribution in [1.82, 2.24) is 0 Å². The molecule has 4 nitrogen and oxygen atoms in total. The molecule has 0 fully saturated rings. The SMILES string of the molecule is COCCOC1CCc2ccc(OC)cc2C1N. The molecule has 2 atom stereocenters. The zero-order chi connectivity index (χ0) is 13.0. The van der Waals surface area contributed by atoms with Crippen LogP contribution in [-0.4, -0.2) is 33.5 Å². The third-order valence-electron chi connectivity index (χ3n) is 3.43. The summed E-state index contributed by atoms with van der Waals surface area (Å²) in [6.45, 7) is 1.20. The van der Waals surface area contributed by atoms with E-state index in [2.05, 4.69) is 6.07 Å². The van der Waals surface area contributed by atoms with Gasteiger partial charge in [0.25, 0.3) is 0 Å².